The van der Waals surface area contributed by atoms with E-state index in [0.717, 1.165) is 0 Å². The molecule has 27 heavy (non-hydrogen) atoms. The van der Waals surface area contributed by atoms with Crippen LogP contribution in [0.2, 0.25) is 0 Å². The van der Waals surface area contributed by atoms with E-state index in [1.807, 2.05) is 0 Å². The number of hydrogen-bond donors (Lipinski definition) is 3. The molecule has 0 radical (unpaired) electrons. The molecule has 1 unspecified atom stereocenters. The van der Waals surface area contributed by atoms with Gasteiger partial charge in [-0.15, -0.1) is 5.10 Å². The molecule has 3 aromatic rings. The molecule has 0 saturated heterocycles. The van der Waals surface area contributed by atoms with Gasteiger partial charge in [-0.3, -0.25) is 0 Å². The molecular weight excluding hydrogens is 375 g/mol. The molecule has 0 spiro atoms. The van der Waals surface area contributed by atoms with Crippen molar-refractivity contribution in [1.29, 1.82) is 0 Å². The fraction of sp³-hybridized carbons (Fsp3) is 0.250. The van der Waals surface area contributed by atoms with Crippen LogP contribution in [0.4, 0.5) is 4.39 Å². The lowest BCUT2D eigenvalue weighted by Gasteiger charge is -2.07. The predicted molar refractivity (Wildman–Crippen MR) is 96.9 cm³/mol. The Morgan fingerprint density at radius 3 is 2.93 bits per heavy atom. The topological polar surface area (TPSA) is 110 Å². The van der Waals surface area contributed by atoms with Crippen LogP contribution in [0.1, 0.15) is 17.5 Å². The molecule has 2 aromatic heterocycles. The van der Waals surface area contributed by atoms with E-state index in [2.05, 4.69) is 20.6 Å². The van der Waals surface area contributed by atoms with Crippen LogP contribution in [0.15, 0.2) is 36.9 Å². The van der Waals surface area contributed by atoms with Gasteiger partial charge in [0.15, 0.2) is 0 Å². The minimum Gasteiger partial charge on any atom is -0.474 e. The highest BCUT2D eigenvalue weighted by Crippen LogP contribution is 2.19. The minimum absolute atomic E-state index is 0.242. The molecule has 9 nitrogen and oxygen atoms in total. The Kier molecular flexibility index (Phi) is 5.74. The van der Waals surface area contributed by atoms with Crippen LogP contribution in [0, 0.1) is 5.82 Å². The maximum Gasteiger partial charge on any atom is 0.256 e. The second kappa shape index (κ2) is 8.20. The Bertz CT molecular complexity index is 944. The fourth-order valence-corrected chi connectivity index (χ4v) is 2.40. The summed E-state index contributed by atoms with van der Waals surface area (Å²) < 4.78 is 22.3. The molecule has 0 aliphatic carbocycles. The summed E-state index contributed by atoms with van der Waals surface area (Å²) in [6, 6.07) is 4.54. The van der Waals surface area contributed by atoms with Crippen molar-refractivity contribution in [3.05, 3.63) is 54.1 Å². The first-order chi connectivity index (χ1) is 13.0. The van der Waals surface area contributed by atoms with Crippen molar-refractivity contribution >= 4 is 17.4 Å². The number of thiocarbonyl (C=S) groups is 1. The summed E-state index contributed by atoms with van der Waals surface area (Å²) >= 11 is 4.88. The van der Waals surface area contributed by atoms with Crippen LogP contribution in [0.5, 0.6) is 0 Å². The monoisotopic (exact) mass is 392 g/mol. The first kappa shape index (κ1) is 18.9. The summed E-state index contributed by atoms with van der Waals surface area (Å²) in [5, 5.41) is 29.6. The molecular formula is C16H17FN6O3S. The lowest BCUT2D eigenvalue weighted by molar-refractivity contribution is 0.0925. The second-order valence-electron chi connectivity index (χ2n) is 5.54. The Labute approximate surface area is 159 Å². The Hall–Kier alpha value is -2.89. The van der Waals surface area contributed by atoms with Gasteiger partial charge in [0.1, 0.15) is 17.6 Å². The molecule has 1 aromatic carbocycles. The van der Waals surface area contributed by atoms with E-state index < -0.39 is 18.5 Å². The largest absolute Gasteiger partial charge is 0.474 e. The van der Waals surface area contributed by atoms with Crippen LogP contribution < -0.4 is 5.32 Å². The Morgan fingerprint density at radius 2 is 2.22 bits per heavy atom. The summed E-state index contributed by atoms with van der Waals surface area (Å²) in [5.41, 5.74) is 1.59. The quantitative estimate of drug-likeness (QED) is 0.524. The maximum absolute atomic E-state index is 14.6. The standard InChI is InChI=1S/C16H17FN6O3S/c1-26-16(27)18-5-10-6-23(21-20-10)11-2-3-14(12(17)4-11)22-7-13(19-9-22)15(25)8-24/h2-4,6-7,9,15,24-25H,5,8H2,1H3,(H,18,27). The number of aliphatic hydroxyl groups excluding tert-OH is 2. The zero-order valence-corrected chi connectivity index (χ0v) is 15.1. The van der Waals surface area contributed by atoms with Gasteiger partial charge in [-0.05, 0) is 24.4 Å². The summed E-state index contributed by atoms with van der Waals surface area (Å²) in [4.78, 5) is 3.96. The number of nitrogens with zero attached hydrogens (tertiary/aromatic N) is 5. The first-order valence-electron chi connectivity index (χ1n) is 7.88. The third kappa shape index (κ3) is 4.27. The van der Waals surface area contributed by atoms with E-state index >= 15 is 0 Å². The van der Waals surface area contributed by atoms with E-state index in [1.165, 1.54) is 34.9 Å². The van der Waals surface area contributed by atoms with Crippen molar-refractivity contribution in [2.75, 3.05) is 13.7 Å². The van der Waals surface area contributed by atoms with Gasteiger partial charge in [0.05, 0.1) is 49.9 Å². The van der Waals surface area contributed by atoms with Gasteiger partial charge in [0.25, 0.3) is 5.17 Å². The number of aliphatic hydroxyl groups is 2. The maximum atomic E-state index is 14.6. The van der Waals surface area contributed by atoms with E-state index in [1.54, 1.807) is 18.3 Å². The van der Waals surface area contributed by atoms with Crippen LogP contribution >= 0.6 is 12.2 Å². The molecule has 0 fully saturated rings. The number of halogens is 1. The lowest BCUT2D eigenvalue weighted by Crippen LogP contribution is -2.22. The van der Waals surface area contributed by atoms with Gasteiger partial charge >= 0.3 is 0 Å². The summed E-state index contributed by atoms with van der Waals surface area (Å²) in [6.45, 7) is -0.130. The third-order valence-electron chi connectivity index (χ3n) is 3.73. The average molecular weight is 392 g/mol. The van der Waals surface area contributed by atoms with Crippen molar-refractivity contribution in [3.63, 3.8) is 0 Å². The van der Waals surface area contributed by atoms with Crippen LogP contribution in [-0.2, 0) is 11.3 Å². The normalized spacial score (nSPS) is 12.0. The molecule has 0 saturated carbocycles. The number of benzene rings is 1. The van der Waals surface area contributed by atoms with Crippen LogP contribution in [0.3, 0.4) is 0 Å². The molecule has 0 amide bonds. The van der Waals surface area contributed by atoms with Crippen molar-refractivity contribution in [3.8, 4) is 11.4 Å². The van der Waals surface area contributed by atoms with Gasteiger partial charge < -0.3 is 24.8 Å². The molecule has 2 heterocycles. The average Bonchev–Trinajstić information content (AvgIpc) is 3.35. The molecule has 0 aliphatic heterocycles. The minimum atomic E-state index is -1.11. The van der Waals surface area contributed by atoms with Crippen LogP contribution in [0.25, 0.3) is 11.4 Å². The van der Waals surface area contributed by atoms with Crippen LogP contribution in [-0.4, -0.2) is 53.6 Å². The number of nitrogens with one attached hydrogen (secondary N) is 1. The van der Waals surface area contributed by atoms with Gasteiger partial charge in [-0.25, -0.2) is 14.1 Å². The second-order valence-corrected chi connectivity index (χ2v) is 5.91. The molecule has 3 rings (SSSR count). The molecule has 0 bridgehead atoms. The Morgan fingerprint density at radius 1 is 1.41 bits per heavy atom. The zero-order chi connectivity index (χ0) is 19.4. The van der Waals surface area contributed by atoms with Crippen molar-refractivity contribution in [1.82, 2.24) is 29.9 Å². The molecule has 11 heteroatoms. The van der Waals surface area contributed by atoms with Crippen molar-refractivity contribution in [2.45, 2.75) is 12.6 Å². The van der Waals surface area contributed by atoms with E-state index in [-0.39, 0.29) is 16.6 Å². The fourth-order valence-electron chi connectivity index (χ4n) is 2.32. The van der Waals surface area contributed by atoms with E-state index in [9.17, 15) is 9.50 Å². The summed E-state index contributed by atoms with van der Waals surface area (Å²) in [7, 11) is 1.46. The SMILES string of the molecule is COC(=S)NCc1cn(-c2ccc(-n3cnc(C(O)CO)c3)c(F)c2)nn1. The first-order valence-corrected chi connectivity index (χ1v) is 8.28. The number of aromatic nitrogens is 5. The molecule has 1 atom stereocenters. The van der Waals surface area contributed by atoms with Gasteiger partial charge in [-0.2, -0.15) is 0 Å². The third-order valence-corrected chi connectivity index (χ3v) is 4.04. The van der Waals surface area contributed by atoms with Gasteiger partial charge in [0, 0.05) is 12.3 Å². The number of imidazole rings is 1. The highest BCUT2D eigenvalue weighted by molar-refractivity contribution is 7.80. The number of ether oxygens (including phenoxy) is 1. The lowest BCUT2D eigenvalue weighted by atomic mass is 10.2. The van der Waals surface area contributed by atoms with Gasteiger partial charge in [-0.1, -0.05) is 5.21 Å². The smallest absolute Gasteiger partial charge is 0.256 e. The predicted octanol–water partition coefficient (Wildman–Crippen LogP) is 0.639. The number of rotatable bonds is 6. The number of methoxy groups -OCH3 is 1. The highest BCUT2D eigenvalue weighted by Gasteiger charge is 2.13. The number of hydrogen-bond acceptors (Lipinski definition) is 7. The molecule has 142 valence electrons. The van der Waals surface area contributed by atoms with E-state index in [0.29, 0.717) is 17.9 Å². The highest BCUT2D eigenvalue weighted by atomic mass is 32.1. The summed E-state index contributed by atoms with van der Waals surface area (Å²) in [6.07, 6.45) is 3.36. The molecule has 0 aliphatic rings. The summed E-state index contributed by atoms with van der Waals surface area (Å²) in [5.74, 6) is -0.509. The van der Waals surface area contributed by atoms with Crippen molar-refractivity contribution < 1.29 is 19.3 Å². The van der Waals surface area contributed by atoms with Crippen molar-refractivity contribution in [2.24, 2.45) is 0 Å². The zero-order valence-electron chi connectivity index (χ0n) is 14.3. The molecule has 3 N–H and O–H groups in total. The van der Waals surface area contributed by atoms with E-state index in [4.69, 9.17) is 22.1 Å². The Balaban J connectivity index is 1.78. The van der Waals surface area contributed by atoms with Gasteiger partial charge in [0.2, 0.25) is 0 Å².